The molecule has 23 heavy (non-hydrogen) atoms. The molecule has 0 radical (unpaired) electrons. The maximum absolute atomic E-state index is 12.0. The van der Waals surface area contributed by atoms with Crippen LogP contribution in [0.25, 0.3) is 0 Å². The van der Waals surface area contributed by atoms with Crippen molar-refractivity contribution in [2.45, 2.75) is 26.3 Å². The monoisotopic (exact) mass is 338 g/mol. The number of anilines is 1. The number of carbonyl (C=O) groups is 3. The molecular weight excluding hydrogens is 316 g/mol. The Bertz CT molecular complexity index is 584. The van der Waals surface area contributed by atoms with E-state index in [0.29, 0.717) is 5.69 Å². The lowest BCUT2D eigenvalue weighted by Gasteiger charge is -2.31. The lowest BCUT2D eigenvalue weighted by Crippen LogP contribution is -2.51. The maximum atomic E-state index is 12.0. The topological polar surface area (TPSA) is 86.7 Å². The molecule has 0 aliphatic rings. The van der Waals surface area contributed by atoms with Gasteiger partial charge < -0.3 is 15.3 Å². The quantitative estimate of drug-likeness (QED) is 0.794. The van der Waals surface area contributed by atoms with Gasteiger partial charge in [-0.3, -0.25) is 9.59 Å². The molecule has 1 aromatic rings. The van der Waals surface area contributed by atoms with E-state index in [9.17, 15) is 14.4 Å². The molecule has 1 aromatic carbocycles. The molecule has 0 saturated carbocycles. The second-order valence-corrected chi connectivity index (χ2v) is 6.71. The minimum Gasteiger partial charge on any atom is -0.480 e. The van der Waals surface area contributed by atoms with Gasteiger partial charge in [0.15, 0.2) is 0 Å². The van der Waals surface area contributed by atoms with E-state index >= 15 is 0 Å². The zero-order valence-electron chi connectivity index (χ0n) is 13.8. The van der Waals surface area contributed by atoms with Crippen molar-refractivity contribution >= 4 is 35.2 Å². The van der Waals surface area contributed by atoms with E-state index in [-0.39, 0.29) is 23.3 Å². The van der Waals surface area contributed by atoms with Crippen molar-refractivity contribution < 1.29 is 19.5 Å². The number of benzene rings is 1. The number of hydrogen-bond donors (Lipinski definition) is 2. The van der Waals surface area contributed by atoms with Gasteiger partial charge in [0.05, 0.1) is 11.5 Å². The van der Waals surface area contributed by atoms with Gasteiger partial charge in [-0.05, 0) is 32.9 Å². The van der Waals surface area contributed by atoms with Gasteiger partial charge in [-0.25, -0.2) is 4.79 Å². The van der Waals surface area contributed by atoms with Crippen LogP contribution >= 0.6 is 11.8 Å². The fraction of sp³-hybridized carbons (Fsp3) is 0.438. The number of hydrogen-bond acceptors (Lipinski definition) is 4. The Labute approximate surface area is 140 Å². The van der Waals surface area contributed by atoms with Crippen LogP contribution < -0.4 is 5.32 Å². The zero-order valence-corrected chi connectivity index (χ0v) is 14.6. The van der Waals surface area contributed by atoms with Gasteiger partial charge in [-0.2, -0.15) is 0 Å². The predicted octanol–water partition coefficient (Wildman–Crippen LogP) is 1.99. The molecule has 2 N–H and O–H groups in total. The molecule has 0 heterocycles. The largest absolute Gasteiger partial charge is 0.480 e. The standard InChI is InChI=1S/C16H22N2O4S/c1-11-5-7-12(8-6-11)17-13(19)9-23-10-14(20)18(4)16(2,3)15(21)22/h5-8H,9-10H2,1-4H3,(H,17,19)(H,21,22). The summed E-state index contributed by atoms with van der Waals surface area (Å²) in [5.41, 5.74) is 0.533. The number of carboxylic acid groups (broad SMARTS) is 1. The first-order valence-electron chi connectivity index (χ1n) is 7.09. The molecule has 0 aliphatic carbocycles. The van der Waals surface area contributed by atoms with Crippen LogP contribution in [0.3, 0.4) is 0 Å². The Morgan fingerprint density at radius 3 is 2.26 bits per heavy atom. The van der Waals surface area contributed by atoms with Gasteiger partial charge in [0.25, 0.3) is 0 Å². The van der Waals surface area contributed by atoms with Crippen LogP contribution in [0, 0.1) is 6.92 Å². The number of thioether (sulfide) groups is 1. The van der Waals surface area contributed by atoms with Gasteiger partial charge in [0, 0.05) is 12.7 Å². The first-order chi connectivity index (χ1) is 10.6. The molecule has 7 heteroatoms. The number of carbonyl (C=O) groups excluding carboxylic acids is 2. The maximum Gasteiger partial charge on any atom is 0.329 e. The molecule has 0 saturated heterocycles. The number of aliphatic carboxylic acids is 1. The third kappa shape index (κ3) is 5.59. The van der Waals surface area contributed by atoms with Crippen molar-refractivity contribution in [3.8, 4) is 0 Å². The van der Waals surface area contributed by atoms with E-state index in [1.165, 1.54) is 25.8 Å². The molecular formula is C16H22N2O4S. The van der Waals surface area contributed by atoms with Gasteiger partial charge >= 0.3 is 5.97 Å². The van der Waals surface area contributed by atoms with Crippen LogP contribution in [0.2, 0.25) is 0 Å². The molecule has 0 unspecified atom stereocenters. The number of nitrogens with one attached hydrogen (secondary N) is 1. The number of likely N-dealkylation sites (N-methyl/N-ethyl adjacent to an activating group) is 1. The van der Waals surface area contributed by atoms with Crippen molar-refractivity contribution in [3.63, 3.8) is 0 Å². The average Bonchev–Trinajstić information content (AvgIpc) is 2.48. The van der Waals surface area contributed by atoms with E-state index in [1.54, 1.807) is 0 Å². The Morgan fingerprint density at radius 2 is 1.74 bits per heavy atom. The summed E-state index contributed by atoms with van der Waals surface area (Å²) in [4.78, 5) is 36.1. The highest BCUT2D eigenvalue weighted by molar-refractivity contribution is 8.00. The van der Waals surface area contributed by atoms with E-state index in [4.69, 9.17) is 5.11 Å². The summed E-state index contributed by atoms with van der Waals surface area (Å²) in [6.45, 7) is 4.88. The van der Waals surface area contributed by atoms with Crippen molar-refractivity contribution in [3.05, 3.63) is 29.8 Å². The lowest BCUT2D eigenvalue weighted by molar-refractivity contribution is -0.154. The minimum absolute atomic E-state index is 0.0501. The molecule has 1 rings (SSSR count). The molecule has 0 atom stereocenters. The molecule has 0 bridgehead atoms. The fourth-order valence-corrected chi connectivity index (χ4v) is 2.34. The highest BCUT2D eigenvalue weighted by atomic mass is 32.2. The summed E-state index contributed by atoms with van der Waals surface area (Å²) in [5, 5.41) is 11.8. The van der Waals surface area contributed by atoms with Crippen molar-refractivity contribution in [2.24, 2.45) is 0 Å². The summed E-state index contributed by atoms with van der Waals surface area (Å²) < 4.78 is 0. The first kappa shape index (κ1) is 19.0. The average molecular weight is 338 g/mol. The molecule has 2 amide bonds. The highest BCUT2D eigenvalue weighted by Crippen LogP contribution is 2.15. The number of aryl methyl sites for hydroxylation is 1. The normalized spacial score (nSPS) is 11.0. The molecule has 126 valence electrons. The second kappa shape index (κ2) is 8.01. The van der Waals surface area contributed by atoms with E-state index < -0.39 is 11.5 Å². The number of carboxylic acids is 1. The first-order valence-corrected chi connectivity index (χ1v) is 8.24. The Morgan fingerprint density at radius 1 is 1.17 bits per heavy atom. The van der Waals surface area contributed by atoms with Gasteiger partial charge in [-0.15, -0.1) is 11.8 Å². The van der Waals surface area contributed by atoms with Gasteiger partial charge in [0.1, 0.15) is 5.54 Å². The van der Waals surface area contributed by atoms with Crippen LogP contribution in [-0.2, 0) is 14.4 Å². The molecule has 6 nitrogen and oxygen atoms in total. The number of nitrogens with zero attached hydrogens (tertiary/aromatic N) is 1. The van der Waals surface area contributed by atoms with Crippen LogP contribution in [0.4, 0.5) is 5.69 Å². The van der Waals surface area contributed by atoms with Crippen LogP contribution in [0.1, 0.15) is 19.4 Å². The third-order valence-corrected chi connectivity index (χ3v) is 4.45. The molecule has 0 aliphatic heterocycles. The summed E-state index contributed by atoms with van der Waals surface area (Å²) in [7, 11) is 1.45. The number of rotatable bonds is 7. The van der Waals surface area contributed by atoms with Crippen LogP contribution in [-0.4, -0.2) is 51.9 Å². The Kier molecular flexibility index (Phi) is 6.62. The molecule has 0 fully saturated rings. The van der Waals surface area contributed by atoms with Crippen molar-refractivity contribution in [1.29, 1.82) is 0 Å². The molecule has 0 spiro atoms. The summed E-state index contributed by atoms with van der Waals surface area (Å²) >= 11 is 1.15. The SMILES string of the molecule is Cc1ccc(NC(=O)CSCC(=O)N(C)C(C)(C)C(=O)O)cc1. The predicted molar refractivity (Wildman–Crippen MR) is 91.6 cm³/mol. The van der Waals surface area contributed by atoms with Crippen LogP contribution in [0.15, 0.2) is 24.3 Å². The summed E-state index contributed by atoms with van der Waals surface area (Å²) in [6.07, 6.45) is 0. The lowest BCUT2D eigenvalue weighted by atomic mass is 10.0. The van der Waals surface area contributed by atoms with E-state index in [0.717, 1.165) is 17.3 Å². The van der Waals surface area contributed by atoms with E-state index in [2.05, 4.69) is 5.32 Å². The van der Waals surface area contributed by atoms with E-state index in [1.807, 2.05) is 31.2 Å². The minimum atomic E-state index is -1.28. The molecule has 0 aromatic heterocycles. The highest BCUT2D eigenvalue weighted by Gasteiger charge is 2.34. The van der Waals surface area contributed by atoms with Crippen molar-refractivity contribution in [1.82, 2.24) is 4.90 Å². The third-order valence-electron chi connectivity index (χ3n) is 3.53. The Hall–Kier alpha value is -2.02. The van der Waals surface area contributed by atoms with Crippen molar-refractivity contribution in [2.75, 3.05) is 23.9 Å². The van der Waals surface area contributed by atoms with Gasteiger partial charge in [0.2, 0.25) is 11.8 Å². The second-order valence-electron chi connectivity index (χ2n) is 5.72. The van der Waals surface area contributed by atoms with Crippen LogP contribution in [0.5, 0.6) is 0 Å². The smallest absolute Gasteiger partial charge is 0.329 e. The Balaban J connectivity index is 2.41. The van der Waals surface area contributed by atoms with Gasteiger partial charge in [-0.1, -0.05) is 17.7 Å². The summed E-state index contributed by atoms with van der Waals surface area (Å²) in [6, 6.07) is 7.42. The fourth-order valence-electron chi connectivity index (χ4n) is 1.62. The zero-order chi connectivity index (χ0) is 17.6. The number of amides is 2. The summed E-state index contributed by atoms with van der Waals surface area (Å²) in [5.74, 6) is -1.43.